The minimum atomic E-state index is 0.419. The summed E-state index contributed by atoms with van der Waals surface area (Å²) >= 11 is 0. The van der Waals surface area contributed by atoms with Gasteiger partial charge in [0.2, 0.25) is 0 Å². The van der Waals surface area contributed by atoms with E-state index in [9.17, 15) is 0 Å². The summed E-state index contributed by atoms with van der Waals surface area (Å²) in [5.74, 6) is 0.685. The lowest BCUT2D eigenvalue weighted by molar-refractivity contribution is 0.188. The molecule has 1 aromatic rings. The Morgan fingerprint density at radius 1 is 1.05 bits per heavy atom. The van der Waals surface area contributed by atoms with Gasteiger partial charge in [0.1, 0.15) is 0 Å². The molecule has 1 N–H and O–H groups in total. The molecule has 0 bridgehead atoms. The Morgan fingerprint density at radius 2 is 1.67 bits per heavy atom. The van der Waals surface area contributed by atoms with Crippen LogP contribution in [0, 0.1) is 5.92 Å². The van der Waals surface area contributed by atoms with Crippen LogP contribution in [-0.4, -0.2) is 31.1 Å². The second-order valence-electron chi connectivity index (χ2n) is 6.53. The van der Waals surface area contributed by atoms with Crippen molar-refractivity contribution in [2.24, 2.45) is 5.92 Å². The quantitative estimate of drug-likeness (QED) is 0.731. The molecule has 2 nitrogen and oxygen atoms in total. The van der Waals surface area contributed by atoms with Gasteiger partial charge in [-0.1, -0.05) is 52.0 Å². The largest absolute Gasteiger partial charge is 0.309 e. The normalized spacial score (nSPS) is 14.7. The monoisotopic (exact) mass is 290 g/mol. The van der Waals surface area contributed by atoms with E-state index in [4.69, 9.17) is 0 Å². The Kier molecular flexibility index (Phi) is 7.98. The number of hydrogen-bond donors (Lipinski definition) is 1. The van der Waals surface area contributed by atoms with Gasteiger partial charge in [-0.2, -0.15) is 0 Å². The van der Waals surface area contributed by atoms with Crippen LogP contribution in [0.15, 0.2) is 24.3 Å². The van der Waals surface area contributed by atoms with Gasteiger partial charge in [0.05, 0.1) is 0 Å². The number of nitrogens with zero attached hydrogens (tertiary/aromatic N) is 1. The standard InChI is InChI=1S/C19H34N2/c1-7-13-20-19(14-21(6)16(5)15(3)4)18-11-9-17(8-2)10-12-18/h9-12,15-16,19-20H,7-8,13-14H2,1-6H3. The molecule has 2 heteroatoms. The van der Waals surface area contributed by atoms with Crippen LogP contribution in [0.3, 0.4) is 0 Å². The van der Waals surface area contributed by atoms with Gasteiger partial charge in [0.25, 0.3) is 0 Å². The summed E-state index contributed by atoms with van der Waals surface area (Å²) in [6.45, 7) is 13.5. The number of nitrogens with one attached hydrogen (secondary N) is 1. The number of hydrogen-bond acceptors (Lipinski definition) is 2. The summed E-state index contributed by atoms with van der Waals surface area (Å²) in [5, 5.41) is 3.71. The van der Waals surface area contributed by atoms with E-state index < -0.39 is 0 Å². The molecule has 0 aliphatic heterocycles. The van der Waals surface area contributed by atoms with Gasteiger partial charge in [-0.3, -0.25) is 0 Å². The van der Waals surface area contributed by atoms with Crippen molar-refractivity contribution >= 4 is 0 Å². The van der Waals surface area contributed by atoms with E-state index in [0.29, 0.717) is 18.0 Å². The average Bonchev–Trinajstić information content (AvgIpc) is 2.50. The molecule has 0 radical (unpaired) electrons. The lowest BCUT2D eigenvalue weighted by Crippen LogP contribution is -2.40. The highest BCUT2D eigenvalue weighted by Crippen LogP contribution is 2.18. The highest BCUT2D eigenvalue weighted by Gasteiger charge is 2.18. The van der Waals surface area contributed by atoms with E-state index in [1.54, 1.807) is 0 Å². The molecule has 0 heterocycles. The van der Waals surface area contributed by atoms with Crippen molar-refractivity contribution in [2.75, 3.05) is 20.1 Å². The number of rotatable bonds is 9. The second-order valence-corrected chi connectivity index (χ2v) is 6.53. The first-order chi connectivity index (χ1) is 9.99. The van der Waals surface area contributed by atoms with E-state index in [1.165, 1.54) is 17.5 Å². The molecule has 120 valence electrons. The Morgan fingerprint density at radius 3 is 2.14 bits per heavy atom. The molecule has 1 aromatic carbocycles. The summed E-state index contributed by atoms with van der Waals surface area (Å²) in [7, 11) is 2.24. The Bertz CT molecular complexity index is 383. The Hall–Kier alpha value is -0.860. The lowest BCUT2D eigenvalue weighted by atomic mass is 10.0. The summed E-state index contributed by atoms with van der Waals surface area (Å²) in [6.07, 6.45) is 2.28. The van der Waals surface area contributed by atoms with Crippen LogP contribution in [0.4, 0.5) is 0 Å². The van der Waals surface area contributed by atoms with E-state index >= 15 is 0 Å². The van der Waals surface area contributed by atoms with E-state index in [-0.39, 0.29) is 0 Å². The molecule has 0 aromatic heterocycles. The molecular formula is C19H34N2. The first kappa shape index (κ1) is 18.2. The van der Waals surface area contributed by atoms with Crippen LogP contribution in [0.1, 0.15) is 58.2 Å². The van der Waals surface area contributed by atoms with Crippen LogP contribution in [0.25, 0.3) is 0 Å². The highest BCUT2D eigenvalue weighted by molar-refractivity contribution is 5.25. The number of aryl methyl sites for hydroxylation is 1. The van der Waals surface area contributed by atoms with Crippen molar-refractivity contribution in [3.8, 4) is 0 Å². The zero-order chi connectivity index (χ0) is 15.8. The highest BCUT2D eigenvalue weighted by atomic mass is 15.2. The summed E-state index contributed by atoms with van der Waals surface area (Å²) < 4.78 is 0. The fraction of sp³-hybridized carbons (Fsp3) is 0.684. The third-order valence-corrected chi connectivity index (χ3v) is 4.56. The molecule has 0 amide bonds. The van der Waals surface area contributed by atoms with Crippen molar-refractivity contribution in [2.45, 2.75) is 59.5 Å². The third-order valence-electron chi connectivity index (χ3n) is 4.56. The van der Waals surface area contributed by atoms with Gasteiger partial charge in [-0.15, -0.1) is 0 Å². The van der Waals surface area contributed by atoms with Gasteiger partial charge in [0.15, 0.2) is 0 Å². The molecule has 0 aliphatic carbocycles. The van der Waals surface area contributed by atoms with E-state index in [0.717, 1.165) is 19.5 Å². The number of likely N-dealkylation sites (N-methyl/N-ethyl adjacent to an activating group) is 1. The smallest absolute Gasteiger partial charge is 0.0449 e. The second kappa shape index (κ2) is 9.22. The van der Waals surface area contributed by atoms with Crippen molar-refractivity contribution in [1.82, 2.24) is 10.2 Å². The zero-order valence-corrected chi connectivity index (χ0v) is 14.8. The maximum atomic E-state index is 3.71. The van der Waals surface area contributed by atoms with Crippen LogP contribution >= 0.6 is 0 Å². The third kappa shape index (κ3) is 5.80. The molecule has 2 unspecified atom stereocenters. The van der Waals surface area contributed by atoms with Gasteiger partial charge >= 0.3 is 0 Å². The fourth-order valence-corrected chi connectivity index (χ4v) is 2.56. The molecule has 1 rings (SSSR count). The van der Waals surface area contributed by atoms with Crippen molar-refractivity contribution < 1.29 is 0 Å². The topological polar surface area (TPSA) is 15.3 Å². The Balaban J connectivity index is 2.78. The maximum Gasteiger partial charge on any atom is 0.0449 e. The molecule has 21 heavy (non-hydrogen) atoms. The van der Waals surface area contributed by atoms with E-state index in [2.05, 4.69) is 76.1 Å². The molecule has 2 atom stereocenters. The molecular weight excluding hydrogens is 256 g/mol. The predicted molar refractivity (Wildman–Crippen MR) is 93.8 cm³/mol. The molecule has 0 aliphatic rings. The first-order valence-electron chi connectivity index (χ1n) is 8.52. The fourth-order valence-electron chi connectivity index (χ4n) is 2.56. The Labute approximate surface area is 131 Å². The molecule has 0 saturated heterocycles. The maximum absolute atomic E-state index is 3.71. The van der Waals surface area contributed by atoms with Crippen LogP contribution in [0.5, 0.6) is 0 Å². The SMILES string of the molecule is CCCNC(CN(C)C(C)C(C)C)c1ccc(CC)cc1. The van der Waals surface area contributed by atoms with Gasteiger partial charge in [-0.25, -0.2) is 0 Å². The zero-order valence-electron chi connectivity index (χ0n) is 14.8. The average molecular weight is 290 g/mol. The summed E-state index contributed by atoms with van der Waals surface area (Å²) in [6, 6.07) is 10.1. The minimum absolute atomic E-state index is 0.419. The van der Waals surface area contributed by atoms with Gasteiger partial charge in [0, 0.05) is 18.6 Å². The summed E-state index contributed by atoms with van der Waals surface area (Å²) in [5.41, 5.74) is 2.82. The number of benzene rings is 1. The summed E-state index contributed by atoms with van der Waals surface area (Å²) in [4.78, 5) is 2.48. The van der Waals surface area contributed by atoms with Crippen molar-refractivity contribution in [3.05, 3.63) is 35.4 Å². The molecule has 0 saturated carbocycles. The minimum Gasteiger partial charge on any atom is -0.309 e. The molecule has 0 spiro atoms. The van der Waals surface area contributed by atoms with Crippen molar-refractivity contribution in [3.63, 3.8) is 0 Å². The van der Waals surface area contributed by atoms with Crippen LogP contribution in [0.2, 0.25) is 0 Å². The van der Waals surface area contributed by atoms with E-state index in [1.807, 2.05) is 0 Å². The van der Waals surface area contributed by atoms with Gasteiger partial charge in [-0.05, 0) is 50.4 Å². The first-order valence-corrected chi connectivity index (χ1v) is 8.52. The predicted octanol–water partition coefficient (Wildman–Crippen LogP) is 4.27. The van der Waals surface area contributed by atoms with Crippen molar-refractivity contribution in [1.29, 1.82) is 0 Å². The van der Waals surface area contributed by atoms with Crippen LogP contribution < -0.4 is 5.32 Å². The van der Waals surface area contributed by atoms with Gasteiger partial charge < -0.3 is 10.2 Å². The molecule has 0 fully saturated rings. The lowest BCUT2D eigenvalue weighted by Gasteiger charge is -2.32. The van der Waals surface area contributed by atoms with Crippen LogP contribution in [-0.2, 0) is 6.42 Å².